The van der Waals surface area contributed by atoms with Crippen molar-refractivity contribution < 1.29 is 5.11 Å². The van der Waals surface area contributed by atoms with Crippen LogP contribution in [0.4, 0.5) is 0 Å². The molecule has 1 rings (SSSR count). The van der Waals surface area contributed by atoms with E-state index in [4.69, 9.17) is 10.8 Å². The van der Waals surface area contributed by atoms with Crippen LogP contribution in [0.5, 0.6) is 0 Å². The van der Waals surface area contributed by atoms with Gasteiger partial charge in [-0.15, -0.1) is 12.4 Å². The molecule has 0 aliphatic heterocycles. The van der Waals surface area contributed by atoms with E-state index < -0.39 is 0 Å². The van der Waals surface area contributed by atoms with Gasteiger partial charge in [0.1, 0.15) is 0 Å². The van der Waals surface area contributed by atoms with Crippen LogP contribution < -0.4 is 5.73 Å². The Morgan fingerprint density at radius 3 is 2.11 bits per heavy atom. The molecule has 0 aromatic carbocycles. The zero-order valence-corrected chi connectivity index (χ0v) is 6.23. The third-order valence-electron chi connectivity index (χ3n) is 1.78. The average Bonchev–Trinajstić information content (AvgIpc) is 1.77. The molecule has 56 valence electrons. The predicted octanol–water partition coefficient (Wildman–Crippen LogP) is 0.670. The molecular formula is C6H14ClNO. The molecule has 0 amide bonds. The van der Waals surface area contributed by atoms with Gasteiger partial charge in [-0.05, 0) is 12.8 Å². The minimum Gasteiger partial charge on any atom is -0.392 e. The van der Waals surface area contributed by atoms with Crippen molar-refractivity contribution in [1.82, 2.24) is 0 Å². The van der Waals surface area contributed by atoms with Crippen molar-refractivity contribution in [1.29, 1.82) is 0 Å². The highest BCUT2D eigenvalue weighted by Gasteiger charge is 2.17. The van der Waals surface area contributed by atoms with Gasteiger partial charge in [-0.25, -0.2) is 0 Å². The molecule has 3 heteroatoms. The van der Waals surface area contributed by atoms with Gasteiger partial charge in [0.05, 0.1) is 6.10 Å². The van der Waals surface area contributed by atoms with E-state index in [1.807, 2.05) is 0 Å². The first-order valence-corrected chi connectivity index (χ1v) is 3.24. The van der Waals surface area contributed by atoms with E-state index in [1.54, 1.807) is 0 Å². The van der Waals surface area contributed by atoms with Crippen LogP contribution in [-0.4, -0.2) is 17.3 Å². The molecule has 1 fully saturated rings. The Balaban J connectivity index is 0.000000640. The van der Waals surface area contributed by atoms with Crippen molar-refractivity contribution in [2.45, 2.75) is 37.8 Å². The van der Waals surface area contributed by atoms with Crippen LogP contribution in [-0.2, 0) is 0 Å². The summed E-state index contributed by atoms with van der Waals surface area (Å²) in [6, 6.07) is 0.0590. The van der Waals surface area contributed by atoms with Gasteiger partial charge in [0.25, 0.3) is 0 Å². The van der Waals surface area contributed by atoms with Gasteiger partial charge >= 0.3 is 0 Å². The Kier molecular flexibility index (Phi) is 4.19. The molecule has 0 spiro atoms. The molecule has 9 heavy (non-hydrogen) atoms. The van der Waals surface area contributed by atoms with Gasteiger partial charge in [0.15, 0.2) is 0 Å². The second-order valence-corrected chi connectivity index (χ2v) is 2.52. The lowest BCUT2D eigenvalue weighted by atomic mass is 9.94. The molecule has 0 aromatic rings. The molecule has 1 aliphatic carbocycles. The highest BCUT2D eigenvalue weighted by Crippen LogP contribution is 2.15. The predicted molar refractivity (Wildman–Crippen MR) is 39.7 cm³/mol. The molecule has 2 atom stereocenters. The van der Waals surface area contributed by atoms with Crippen molar-refractivity contribution in [3.63, 3.8) is 0 Å². The fraction of sp³-hybridized carbons (Fsp3) is 1.00. The van der Waals surface area contributed by atoms with Gasteiger partial charge in [0, 0.05) is 6.04 Å². The zero-order valence-electron chi connectivity index (χ0n) is 5.42. The van der Waals surface area contributed by atoms with Gasteiger partial charge in [-0.1, -0.05) is 12.8 Å². The first-order valence-electron chi connectivity index (χ1n) is 3.24. The van der Waals surface area contributed by atoms with Crippen LogP contribution in [0.15, 0.2) is 0 Å². The van der Waals surface area contributed by atoms with Crippen molar-refractivity contribution in [2.24, 2.45) is 5.73 Å². The van der Waals surface area contributed by atoms with E-state index in [9.17, 15) is 0 Å². The second kappa shape index (κ2) is 4.09. The summed E-state index contributed by atoms with van der Waals surface area (Å²) in [4.78, 5) is 0. The summed E-state index contributed by atoms with van der Waals surface area (Å²) in [6.45, 7) is 0. The Bertz CT molecular complexity index is 69.5. The quantitative estimate of drug-likeness (QED) is 0.535. The Labute approximate surface area is 61.8 Å². The lowest BCUT2D eigenvalue weighted by molar-refractivity contribution is 0.108. The van der Waals surface area contributed by atoms with E-state index in [-0.39, 0.29) is 24.6 Å². The maximum atomic E-state index is 9.05. The van der Waals surface area contributed by atoms with Gasteiger partial charge < -0.3 is 10.8 Å². The van der Waals surface area contributed by atoms with E-state index in [1.165, 1.54) is 6.42 Å². The largest absolute Gasteiger partial charge is 0.392 e. The lowest BCUT2D eigenvalue weighted by Crippen LogP contribution is -2.37. The normalized spacial score (nSPS) is 35.3. The van der Waals surface area contributed by atoms with Gasteiger partial charge in [0.2, 0.25) is 0 Å². The van der Waals surface area contributed by atoms with E-state index >= 15 is 0 Å². The second-order valence-electron chi connectivity index (χ2n) is 2.52. The summed E-state index contributed by atoms with van der Waals surface area (Å²) in [5.41, 5.74) is 5.53. The Hall–Kier alpha value is 0.210. The first kappa shape index (κ1) is 9.21. The molecule has 0 radical (unpaired) electrons. The number of rotatable bonds is 0. The Morgan fingerprint density at radius 1 is 1.22 bits per heavy atom. The molecule has 1 saturated carbocycles. The SMILES string of the molecule is Cl.N[C@@H]1CCCCC1O. The minimum atomic E-state index is -0.219. The molecule has 3 N–H and O–H groups in total. The molecule has 0 heterocycles. The van der Waals surface area contributed by atoms with E-state index in [2.05, 4.69) is 0 Å². The van der Waals surface area contributed by atoms with Crippen LogP contribution >= 0.6 is 12.4 Å². The lowest BCUT2D eigenvalue weighted by Gasteiger charge is -2.23. The van der Waals surface area contributed by atoms with Crippen LogP contribution in [0.3, 0.4) is 0 Å². The molecule has 0 saturated heterocycles. The first-order chi connectivity index (χ1) is 3.80. The van der Waals surface area contributed by atoms with E-state index in [0.29, 0.717) is 0 Å². The molecule has 1 aliphatic rings. The summed E-state index contributed by atoms with van der Waals surface area (Å²) >= 11 is 0. The van der Waals surface area contributed by atoms with Crippen molar-refractivity contribution in [3.8, 4) is 0 Å². The van der Waals surface area contributed by atoms with Crippen molar-refractivity contribution >= 4 is 12.4 Å². The smallest absolute Gasteiger partial charge is 0.0691 e. The number of hydrogen-bond acceptors (Lipinski definition) is 2. The highest BCUT2D eigenvalue weighted by molar-refractivity contribution is 5.85. The number of aliphatic hydroxyl groups excluding tert-OH is 1. The van der Waals surface area contributed by atoms with Crippen molar-refractivity contribution in [3.05, 3.63) is 0 Å². The van der Waals surface area contributed by atoms with Crippen LogP contribution in [0.1, 0.15) is 25.7 Å². The third-order valence-corrected chi connectivity index (χ3v) is 1.78. The third kappa shape index (κ3) is 2.52. The number of hydrogen-bond donors (Lipinski definition) is 2. The molecular weight excluding hydrogens is 138 g/mol. The topological polar surface area (TPSA) is 46.2 Å². The number of aliphatic hydroxyl groups is 1. The van der Waals surface area contributed by atoms with E-state index in [0.717, 1.165) is 19.3 Å². The molecule has 0 aromatic heterocycles. The minimum absolute atomic E-state index is 0. The molecule has 2 nitrogen and oxygen atoms in total. The fourth-order valence-electron chi connectivity index (χ4n) is 1.14. The summed E-state index contributed by atoms with van der Waals surface area (Å²) in [5.74, 6) is 0. The van der Waals surface area contributed by atoms with Crippen molar-refractivity contribution in [2.75, 3.05) is 0 Å². The summed E-state index contributed by atoms with van der Waals surface area (Å²) in [7, 11) is 0. The van der Waals surface area contributed by atoms with Crippen LogP contribution in [0, 0.1) is 0 Å². The zero-order chi connectivity index (χ0) is 5.98. The Morgan fingerprint density at radius 2 is 1.78 bits per heavy atom. The maximum Gasteiger partial charge on any atom is 0.0691 e. The summed E-state index contributed by atoms with van der Waals surface area (Å²) in [5, 5.41) is 9.05. The molecule has 1 unspecified atom stereocenters. The molecule has 0 bridgehead atoms. The van der Waals surface area contributed by atoms with Crippen LogP contribution in [0.25, 0.3) is 0 Å². The van der Waals surface area contributed by atoms with Gasteiger partial charge in [-0.3, -0.25) is 0 Å². The van der Waals surface area contributed by atoms with Gasteiger partial charge in [-0.2, -0.15) is 0 Å². The highest BCUT2D eigenvalue weighted by atomic mass is 35.5. The number of halogens is 1. The maximum absolute atomic E-state index is 9.05. The summed E-state index contributed by atoms with van der Waals surface area (Å²) < 4.78 is 0. The fourth-order valence-corrected chi connectivity index (χ4v) is 1.14. The summed E-state index contributed by atoms with van der Waals surface area (Å²) in [6.07, 6.45) is 4.03. The standard InChI is InChI=1S/C6H13NO.ClH/c7-5-3-1-2-4-6(5)8;/h5-6,8H,1-4,7H2;1H/t5-,6?;/m1./s1. The number of nitrogens with two attached hydrogens (primary N) is 1. The monoisotopic (exact) mass is 151 g/mol. The average molecular weight is 152 g/mol. The van der Waals surface area contributed by atoms with Crippen LogP contribution in [0.2, 0.25) is 0 Å².